The zero-order valence-corrected chi connectivity index (χ0v) is 15.2. The quantitative estimate of drug-likeness (QED) is 0.800. The van der Waals surface area contributed by atoms with Gasteiger partial charge in [0.2, 0.25) is 11.5 Å². The molecule has 136 valence electrons. The minimum absolute atomic E-state index is 0.115. The average molecular weight is 350 g/mol. The van der Waals surface area contributed by atoms with E-state index in [4.69, 9.17) is 8.83 Å². The Morgan fingerprint density at radius 1 is 0.880 bits per heavy atom. The predicted molar refractivity (Wildman–Crippen MR) is 88.2 cm³/mol. The molecule has 2 heterocycles. The third kappa shape index (κ3) is 4.73. The largest absolute Gasteiger partial charge is 0.463 e. The number of rotatable bonds is 6. The highest BCUT2D eigenvalue weighted by molar-refractivity contribution is 5.86. The summed E-state index contributed by atoms with van der Waals surface area (Å²) in [5.41, 5.74) is -0.115. The van der Waals surface area contributed by atoms with Crippen molar-refractivity contribution in [3.63, 3.8) is 0 Å². The fourth-order valence-corrected chi connectivity index (χ4v) is 2.38. The molecule has 0 radical (unpaired) electrons. The number of nitrogens with one attached hydrogen (secondary N) is 1. The van der Waals surface area contributed by atoms with Crippen LogP contribution in [0.1, 0.15) is 53.4 Å². The van der Waals surface area contributed by atoms with E-state index in [-0.39, 0.29) is 17.1 Å². The lowest BCUT2D eigenvalue weighted by Crippen LogP contribution is -3.16. The lowest BCUT2D eigenvalue weighted by Gasteiger charge is -2.31. The van der Waals surface area contributed by atoms with Crippen molar-refractivity contribution in [1.29, 1.82) is 0 Å². The van der Waals surface area contributed by atoms with Crippen molar-refractivity contribution >= 4 is 11.9 Å². The second-order valence-corrected chi connectivity index (χ2v) is 6.72. The summed E-state index contributed by atoms with van der Waals surface area (Å²) in [6.07, 6.45) is 0. The summed E-state index contributed by atoms with van der Waals surface area (Å²) in [4.78, 5) is 24.2. The van der Waals surface area contributed by atoms with Gasteiger partial charge in [-0.25, -0.2) is 9.59 Å². The van der Waals surface area contributed by atoms with Crippen LogP contribution < -0.4 is 4.90 Å². The molecule has 0 spiro atoms. The molecule has 2 rings (SSSR count). The number of carbonyl (C=O) groups excluding carboxylic acids is 2. The maximum absolute atomic E-state index is 11.5. The molecule has 1 N–H and O–H groups in total. The molecular weight excluding hydrogens is 326 g/mol. The fraction of sp³-hybridized carbons (Fsp3) is 0.444. The van der Waals surface area contributed by atoms with Crippen LogP contribution >= 0.6 is 0 Å². The fourth-order valence-electron chi connectivity index (χ4n) is 2.38. The average Bonchev–Trinajstić information content (AvgIpc) is 3.21. The normalized spacial score (nSPS) is 11.6. The highest BCUT2D eigenvalue weighted by atomic mass is 16.5. The van der Waals surface area contributed by atoms with Crippen LogP contribution in [-0.2, 0) is 22.6 Å². The number of quaternary nitrogens is 1. The minimum Gasteiger partial charge on any atom is -0.463 e. The Balaban J connectivity index is 2.14. The van der Waals surface area contributed by atoms with Gasteiger partial charge in [0.15, 0.2) is 11.5 Å². The van der Waals surface area contributed by atoms with Crippen molar-refractivity contribution < 1.29 is 32.8 Å². The van der Waals surface area contributed by atoms with E-state index in [0.29, 0.717) is 24.6 Å². The first-order chi connectivity index (χ1) is 11.7. The van der Waals surface area contributed by atoms with Crippen molar-refractivity contribution in [2.24, 2.45) is 0 Å². The van der Waals surface area contributed by atoms with Crippen LogP contribution in [0, 0.1) is 0 Å². The summed E-state index contributed by atoms with van der Waals surface area (Å²) in [6.45, 7) is 7.38. The second-order valence-electron chi connectivity index (χ2n) is 6.72. The molecule has 7 nitrogen and oxygen atoms in total. The van der Waals surface area contributed by atoms with Gasteiger partial charge in [0, 0.05) is 0 Å². The zero-order chi connectivity index (χ0) is 18.6. The van der Waals surface area contributed by atoms with Crippen molar-refractivity contribution in [2.75, 3.05) is 14.2 Å². The molecule has 0 aliphatic rings. The van der Waals surface area contributed by atoms with Gasteiger partial charge in [0.25, 0.3) is 0 Å². The third-order valence-electron chi connectivity index (χ3n) is 3.93. The number of hydrogen-bond acceptors (Lipinski definition) is 6. The molecule has 0 aromatic carbocycles. The molecule has 0 aliphatic carbocycles. The summed E-state index contributed by atoms with van der Waals surface area (Å²) in [5.74, 6) is 0.693. The van der Waals surface area contributed by atoms with Gasteiger partial charge in [0.1, 0.15) is 13.1 Å². The maximum atomic E-state index is 11.5. The molecule has 0 saturated carbocycles. The molecule has 7 heteroatoms. The third-order valence-corrected chi connectivity index (χ3v) is 3.93. The smallest absolute Gasteiger partial charge is 0.373 e. The Morgan fingerprint density at radius 2 is 1.28 bits per heavy atom. The van der Waals surface area contributed by atoms with Crippen LogP contribution in [0.4, 0.5) is 0 Å². The van der Waals surface area contributed by atoms with Gasteiger partial charge in [0.05, 0.1) is 19.8 Å². The van der Waals surface area contributed by atoms with Crippen LogP contribution in [0.15, 0.2) is 33.1 Å². The summed E-state index contributed by atoms with van der Waals surface area (Å²) in [6, 6.07) is 6.73. The Morgan fingerprint density at radius 3 is 1.60 bits per heavy atom. The van der Waals surface area contributed by atoms with E-state index in [0.717, 1.165) is 4.90 Å². The van der Waals surface area contributed by atoms with Gasteiger partial charge in [-0.1, -0.05) is 0 Å². The van der Waals surface area contributed by atoms with E-state index >= 15 is 0 Å². The van der Waals surface area contributed by atoms with Gasteiger partial charge in [-0.15, -0.1) is 0 Å². The van der Waals surface area contributed by atoms with Crippen molar-refractivity contribution in [3.05, 3.63) is 47.3 Å². The summed E-state index contributed by atoms with van der Waals surface area (Å²) >= 11 is 0. The molecule has 25 heavy (non-hydrogen) atoms. The topological polar surface area (TPSA) is 83.3 Å². The monoisotopic (exact) mass is 350 g/mol. The Hall–Kier alpha value is -2.54. The summed E-state index contributed by atoms with van der Waals surface area (Å²) < 4.78 is 20.4. The molecule has 0 atom stereocenters. The lowest BCUT2D eigenvalue weighted by atomic mass is 10.1. The number of ether oxygens (including phenoxy) is 2. The van der Waals surface area contributed by atoms with E-state index in [9.17, 15) is 9.59 Å². The molecular formula is C18H24NO6+. The number of furan rings is 2. The first-order valence-electron chi connectivity index (χ1n) is 7.94. The van der Waals surface area contributed by atoms with Crippen LogP contribution in [-0.4, -0.2) is 31.7 Å². The van der Waals surface area contributed by atoms with E-state index in [1.54, 1.807) is 24.3 Å². The lowest BCUT2D eigenvalue weighted by molar-refractivity contribution is -0.974. The highest BCUT2D eigenvalue weighted by Crippen LogP contribution is 2.11. The number of methoxy groups -OCH3 is 2. The maximum Gasteiger partial charge on any atom is 0.373 e. The Kier molecular flexibility index (Phi) is 5.69. The van der Waals surface area contributed by atoms with E-state index in [1.165, 1.54) is 14.2 Å². The van der Waals surface area contributed by atoms with Crippen LogP contribution in [0.5, 0.6) is 0 Å². The molecule has 0 aliphatic heterocycles. The van der Waals surface area contributed by atoms with E-state index < -0.39 is 11.9 Å². The van der Waals surface area contributed by atoms with Crippen molar-refractivity contribution in [3.8, 4) is 0 Å². The second kappa shape index (κ2) is 7.57. The molecule has 0 amide bonds. The first kappa shape index (κ1) is 18.8. The Labute approximate surface area is 146 Å². The van der Waals surface area contributed by atoms with Gasteiger partial charge < -0.3 is 23.2 Å². The first-order valence-corrected chi connectivity index (χ1v) is 7.94. The number of esters is 2. The number of carbonyl (C=O) groups is 2. The summed E-state index contributed by atoms with van der Waals surface area (Å²) in [5, 5.41) is 0. The molecule has 2 aromatic heterocycles. The van der Waals surface area contributed by atoms with E-state index in [2.05, 4.69) is 30.2 Å². The molecule has 0 unspecified atom stereocenters. The molecule has 0 fully saturated rings. The molecule has 0 bridgehead atoms. The standard InChI is InChI=1S/C18H23NO6/c1-18(2,3)19(10-12-6-8-14(24-12)16(20)22-4)11-13-7-9-15(25-13)17(21)23-5/h6-9H,10-11H2,1-5H3/p+1. The predicted octanol–water partition coefficient (Wildman–Crippen LogP) is 1.83. The van der Waals surface area contributed by atoms with Crippen LogP contribution in [0.25, 0.3) is 0 Å². The molecule has 2 aromatic rings. The van der Waals surface area contributed by atoms with Gasteiger partial charge in [-0.05, 0) is 45.0 Å². The minimum atomic E-state index is -0.502. The SMILES string of the molecule is COC(=O)c1ccc(C[NH+](Cc2ccc(C(=O)OC)o2)C(C)(C)C)o1. The van der Waals surface area contributed by atoms with Gasteiger partial charge in [-0.3, -0.25) is 0 Å². The van der Waals surface area contributed by atoms with Gasteiger partial charge in [-0.2, -0.15) is 0 Å². The Bertz CT molecular complexity index is 681. The highest BCUT2D eigenvalue weighted by Gasteiger charge is 2.28. The van der Waals surface area contributed by atoms with Crippen molar-refractivity contribution in [2.45, 2.75) is 39.4 Å². The van der Waals surface area contributed by atoms with E-state index in [1.807, 2.05) is 0 Å². The van der Waals surface area contributed by atoms with Crippen molar-refractivity contribution in [1.82, 2.24) is 0 Å². The van der Waals surface area contributed by atoms with Gasteiger partial charge >= 0.3 is 11.9 Å². The van der Waals surface area contributed by atoms with Crippen LogP contribution in [0.3, 0.4) is 0 Å². The summed E-state index contributed by atoms with van der Waals surface area (Å²) in [7, 11) is 2.63. The number of hydrogen-bond donors (Lipinski definition) is 1. The van der Waals surface area contributed by atoms with Crippen LogP contribution in [0.2, 0.25) is 0 Å². The molecule has 0 saturated heterocycles. The zero-order valence-electron chi connectivity index (χ0n) is 15.2.